The summed E-state index contributed by atoms with van der Waals surface area (Å²) in [6, 6.07) is 16.2. The fraction of sp³-hybridized carbons (Fsp3) is 0.250. The van der Waals surface area contributed by atoms with Gasteiger partial charge in [0.15, 0.2) is 0 Å². The lowest BCUT2D eigenvalue weighted by molar-refractivity contribution is 0.297. The van der Waals surface area contributed by atoms with Crippen LogP contribution < -0.4 is 5.56 Å². The number of aromatic amines is 1. The van der Waals surface area contributed by atoms with Gasteiger partial charge in [0.25, 0.3) is 5.56 Å². The predicted molar refractivity (Wildman–Crippen MR) is 113 cm³/mol. The van der Waals surface area contributed by atoms with Gasteiger partial charge in [-0.25, -0.2) is 4.39 Å². The van der Waals surface area contributed by atoms with Gasteiger partial charge in [-0.3, -0.25) is 9.69 Å². The average Bonchev–Trinajstić information content (AvgIpc) is 2.75. The summed E-state index contributed by atoms with van der Waals surface area (Å²) in [6.07, 6.45) is 4.98. The van der Waals surface area contributed by atoms with Crippen LogP contribution >= 0.6 is 0 Å². The van der Waals surface area contributed by atoms with Gasteiger partial charge in [0.05, 0.1) is 11.6 Å². The third kappa shape index (κ3) is 4.44. The molecule has 0 spiro atoms. The first-order valence-corrected chi connectivity index (χ1v) is 9.86. The number of benzene rings is 2. The topological polar surface area (TPSA) is 59.9 Å². The summed E-state index contributed by atoms with van der Waals surface area (Å²) < 4.78 is 13.3. The predicted octanol–water partition coefficient (Wildman–Crippen LogP) is 4.26. The number of rotatable bonds is 5. The van der Waals surface area contributed by atoms with Crippen molar-refractivity contribution in [3.05, 3.63) is 87.6 Å². The Hall–Kier alpha value is -3.23. The van der Waals surface area contributed by atoms with Crippen LogP contribution in [0.3, 0.4) is 0 Å². The molecule has 0 bridgehead atoms. The van der Waals surface area contributed by atoms with Crippen LogP contribution in [0.5, 0.6) is 0 Å². The SMILES string of the molecule is N#Cc1ccc(C2=CCN(CCCc3cc4ccc(F)cc4c(=O)[nH]3)CC2)cc1. The molecule has 0 atom stereocenters. The highest BCUT2D eigenvalue weighted by Gasteiger charge is 2.13. The third-order valence-corrected chi connectivity index (χ3v) is 5.46. The fourth-order valence-corrected chi connectivity index (χ4v) is 3.85. The minimum Gasteiger partial charge on any atom is -0.326 e. The Morgan fingerprint density at radius 3 is 2.69 bits per heavy atom. The molecule has 0 aliphatic carbocycles. The number of halogens is 1. The smallest absolute Gasteiger partial charge is 0.256 e. The van der Waals surface area contributed by atoms with Crippen molar-refractivity contribution in [2.75, 3.05) is 19.6 Å². The molecule has 2 aromatic carbocycles. The van der Waals surface area contributed by atoms with Crippen molar-refractivity contribution in [2.24, 2.45) is 0 Å². The van der Waals surface area contributed by atoms with Crippen molar-refractivity contribution in [1.82, 2.24) is 9.88 Å². The van der Waals surface area contributed by atoms with Crippen LogP contribution in [0.25, 0.3) is 16.3 Å². The average molecular weight is 387 g/mol. The highest BCUT2D eigenvalue weighted by molar-refractivity contribution is 5.81. The normalized spacial score (nSPS) is 14.6. The van der Waals surface area contributed by atoms with Crippen LogP contribution in [-0.4, -0.2) is 29.5 Å². The highest BCUT2D eigenvalue weighted by atomic mass is 19.1. The second-order valence-electron chi connectivity index (χ2n) is 7.43. The molecule has 1 aliphatic rings. The van der Waals surface area contributed by atoms with Crippen LogP contribution in [0.15, 0.2) is 59.4 Å². The zero-order valence-corrected chi connectivity index (χ0v) is 16.1. The number of aryl methyl sites for hydroxylation is 1. The van der Waals surface area contributed by atoms with Gasteiger partial charge in [-0.1, -0.05) is 24.3 Å². The molecular formula is C24H22FN3O. The van der Waals surface area contributed by atoms with Gasteiger partial charge >= 0.3 is 0 Å². The van der Waals surface area contributed by atoms with Crippen molar-refractivity contribution in [1.29, 1.82) is 5.26 Å². The van der Waals surface area contributed by atoms with E-state index in [0.717, 1.165) is 50.0 Å². The van der Waals surface area contributed by atoms with Crippen LogP contribution in [-0.2, 0) is 6.42 Å². The number of fused-ring (bicyclic) bond motifs is 1. The fourth-order valence-electron chi connectivity index (χ4n) is 3.85. The van der Waals surface area contributed by atoms with E-state index >= 15 is 0 Å². The first-order valence-electron chi connectivity index (χ1n) is 9.86. The number of nitriles is 1. The Morgan fingerprint density at radius 2 is 1.97 bits per heavy atom. The van der Waals surface area contributed by atoms with E-state index in [1.54, 1.807) is 6.07 Å². The van der Waals surface area contributed by atoms with Gasteiger partial charge in [-0.05, 0) is 72.7 Å². The molecule has 29 heavy (non-hydrogen) atoms. The van der Waals surface area contributed by atoms with Gasteiger partial charge in [0.1, 0.15) is 5.82 Å². The van der Waals surface area contributed by atoms with Crippen LogP contribution in [0.4, 0.5) is 4.39 Å². The number of H-pyrrole nitrogens is 1. The molecular weight excluding hydrogens is 365 g/mol. The largest absolute Gasteiger partial charge is 0.326 e. The number of hydrogen-bond donors (Lipinski definition) is 1. The molecule has 3 aromatic rings. The second kappa shape index (κ2) is 8.42. The van der Waals surface area contributed by atoms with Crippen LogP contribution in [0, 0.1) is 17.1 Å². The zero-order valence-electron chi connectivity index (χ0n) is 16.1. The molecule has 146 valence electrons. The lowest BCUT2D eigenvalue weighted by Gasteiger charge is -2.26. The minimum atomic E-state index is -0.394. The van der Waals surface area contributed by atoms with Crippen molar-refractivity contribution in [3.63, 3.8) is 0 Å². The Balaban J connectivity index is 1.33. The van der Waals surface area contributed by atoms with E-state index in [-0.39, 0.29) is 5.56 Å². The summed E-state index contributed by atoms with van der Waals surface area (Å²) in [5, 5.41) is 10.1. The Bertz CT molecular complexity index is 1160. The maximum Gasteiger partial charge on any atom is 0.256 e. The van der Waals surface area contributed by atoms with Gasteiger partial charge in [0.2, 0.25) is 0 Å². The van der Waals surface area contributed by atoms with Crippen LogP contribution in [0.1, 0.15) is 29.7 Å². The summed E-state index contributed by atoms with van der Waals surface area (Å²) in [7, 11) is 0. The molecule has 0 saturated heterocycles. The quantitative estimate of drug-likeness (QED) is 0.712. The number of nitrogens with zero attached hydrogens (tertiary/aromatic N) is 2. The van der Waals surface area contributed by atoms with E-state index in [1.807, 2.05) is 30.3 Å². The molecule has 1 aromatic heterocycles. The first-order chi connectivity index (χ1) is 14.1. The van der Waals surface area contributed by atoms with Gasteiger partial charge in [-0.15, -0.1) is 0 Å². The van der Waals surface area contributed by atoms with E-state index in [4.69, 9.17) is 5.26 Å². The second-order valence-corrected chi connectivity index (χ2v) is 7.43. The summed E-state index contributed by atoms with van der Waals surface area (Å²) in [4.78, 5) is 17.5. The van der Waals surface area contributed by atoms with Gasteiger partial charge in [-0.2, -0.15) is 5.26 Å². The van der Waals surface area contributed by atoms with Crippen molar-refractivity contribution in [3.8, 4) is 6.07 Å². The first kappa shape index (κ1) is 19.1. The number of hydrogen-bond acceptors (Lipinski definition) is 3. The third-order valence-electron chi connectivity index (χ3n) is 5.46. The maximum absolute atomic E-state index is 13.3. The number of nitrogens with one attached hydrogen (secondary N) is 1. The monoisotopic (exact) mass is 387 g/mol. The molecule has 0 fully saturated rings. The molecule has 2 heterocycles. The van der Waals surface area contributed by atoms with Crippen molar-refractivity contribution in [2.45, 2.75) is 19.3 Å². The molecule has 5 heteroatoms. The van der Waals surface area contributed by atoms with Gasteiger partial charge < -0.3 is 4.98 Å². The van der Waals surface area contributed by atoms with E-state index < -0.39 is 5.82 Å². The molecule has 1 N–H and O–H groups in total. The lowest BCUT2D eigenvalue weighted by Crippen LogP contribution is -2.29. The van der Waals surface area contributed by atoms with E-state index in [0.29, 0.717) is 10.9 Å². The molecule has 0 amide bonds. The molecule has 0 unspecified atom stereocenters. The standard InChI is InChI=1S/C24H22FN3O/c25-21-8-7-20-14-22(27-24(29)23(20)15-21)2-1-11-28-12-9-19(10-13-28)18-5-3-17(16-26)4-6-18/h3-9,14-15H,1-2,10-13H2,(H,27,29). The van der Waals surface area contributed by atoms with Crippen LogP contribution in [0.2, 0.25) is 0 Å². The molecule has 0 radical (unpaired) electrons. The highest BCUT2D eigenvalue weighted by Crippen LogP contribution is 2.23. The molecule has 1 aliphatic heterocycles. The minimum absolute atomic E-state index is 0.232. The summed E-state index contributed by atoms with van der Waals surface area (Å²) in [6.45, 7) is 2.86. The number of aromatic nitrogens is 1. The molecule has 0 saturated carbocycles. The number of pyridine rings is 1. The Kier molecular flexibility index (Phi) is 5.55. The van der Waals surface area contributed by atoms with E-state index in [9.17, 15) is 9.18 Å². The Labute approximate surface area is 168 Å². The zero-order chi connectivity index (χ0) is 20.2. The molecule has 4 nitrogen and oxygen atoms in total. The van der Waals surface area contributed by atoms with Crippen molar-refractivity contribution < 1.29 is 4.39 Å². The molecule has 4 rings (SSSR count). The lowest BCUT2D eigenvalue weighted by atomic mass is 9.98. The van der Waals surface area contributed by atoms with Crippen molar-refractivity contribution >= 4 is 16.3 Å². The summed E-state index contributed by atoms with van der Waals surface area (Å²) >= 11 is 0. The van der Waals surface area contributed by atoms with E-state index in [1.165, 1.54) is 23.3 Å². The van der Waals surface area contributed by atoms with E-state index in [2.05, 4.69) is 22.0 Å². The summed E-state index contributed by atoms with van der Waals surface area (Å²) in [5.41, 5.74) is 3.86. The van der Waals surface area contributed by atoms with Gasteiger partial charge in [0, 0.05) is 24.2 Å². The Morgan fingerprint density at radius 1 is 1.14 bits per heavy atom. The maximum atomic E-state index is 13.3. The summed E-state index contributed by atoms with van der Waals surface area (Å²) in [5.74, 6) is -0.394.